The van der Waals surface area contributed by atoms with E-state index in [4.69, 9.17) is 9.84 Å². The topological polar surface area (TPSA) is 97.6 Å². The summed E-state index contributed by atoms with van der Waals surface area (Å²) in [6, 6.07) is 0. The van der Waals surface area contributed by atoms with E-state index in [1.54, 1.807) is 4.57 Å². The smallest absolute Gasteiger partial charge is 0.412 e. The fourth-order valence-corrected chi connectivity index (χ4v) is 1.92. The third-order valence-electron chi connectivity index (χ3n) is 2.84. The van der Waals surface area contributed by atoms with Gasteiger partial charge in [0.25, 0.3) is 0 Å². The zero-order chi connectivity index (χ0) is 15.4. The van der Waals surface area contributed by atoms with Crippen LogP contribution in [0.3, 0.4) is 0 Å². The number of nitrogens with zero attached hydrogens (tertiary/aromatic N) is 1. The molecule has 110 valence electrons. The van der Waals surface area contributed by atoms with Crippen molar-refractivity contribution in [2.75, 3.05) is 13.2 Å². The van der Waals surface area contributed by atoms with Crippen LogP contribution in [0.4, 0.5) is 4.79 Å². The van der Waals surface area contributed by atoms with Crippen molar-refractivity contribution in [2.45, 2.75) is 6.54 Å². The Hall–Kier alpha value is -2.67. The van der Waals surface area contributed by atoms with Gasteiger partial charge in [-0.05, 0) is 0 Å². The van der Waals surface area contributed by atoms with Gasteiger partial charge in [-0.3, -0.25) is 14.9 Å². The van der Waals surface area contributed by atoms with Gasteiger partial charge >= 0.3 is 6.09 Å². The van der Waals surface area contributed by atoms with E-state index < -0.39 is 11.9 Å². The summed E-state index contributed by atoms with van der Waals surface area (Å²) in [5.74, 6) is -0.864. The van der Waals surface area contributed by atoms with Crippen LogP contribution in [0, 0.1) is 0 Å². The van der Waals surface area contributed by atoms with Crippen molar-refractivity contribution in [3.63, 3.8) is 0 Å². The van der Waals surface area contributed by atoms with E-state index in [2.05, 4.69) is 11.9 Å². The fourth-order valence-electron chi connectivity index (χ4n) is 1.92. The van der Waals surface area contributed by atoms with E-state index in [1.807, 2.05) is 0 Å². The number of carbonyl (C=O) groups excluding carboxylic acids is 3. The van der Waals surface area contributed by atoms with Gasteiger partial charge in [-0.15, -0.1) is 0 Å². The summed E-state index contributed by atoms with van der Waals surface area (Å²) in [5.41, 5.74) is 0.303. The molecule has 2 N–H and O–H groups in total. The van der Waals surface area contributed by atoms with Crippen LogP contribution in [-0.2, 0) is 11.3 Å². The van der Waals surface area contributed by atoms with Gasteiger partial charge in [0.05, 0.1) is 23.4 Å². The molecular weight excluding hydrogens is 276 g/mol. The van der Waals surface area contributed by atoms with Gasteiger partial charge in [0.2, 0.25) is 5.78 Å². The van der Waals surface area contributed by atoms with Crippen LogP contribution in [-0.4, -0.2) is 40.5 Å². The first kappa shape index (κ1) is 14.7. The summed E-state index contributed by atoms with van der Waals surface area (Å²) in [6.07, 6.45) is 4.57. The molecule has 0 saturated heterocycles. The number of fused-ring (bicyclic) bond motifs is 1. The number of aromatic nitrogens is 1. The van der Waals surface area contributed by atoms with Crippen molar-refractivity contribution in [1.29, 1.82) is 0 Å². The van der Waals surface area contributed by atoms with Crippen LogP contribution in [0.5, 0.6) is 0 Å². The highest BCUT2D eigenvalue weighted by atomic mass is 16.5. The minimum Gasteiger partial charge on any atom is -0.445 e. The van der Waals surface area contributed by atoms with Crippen molar-refractivity contribution in [2.24, 2.45) is 0 Å². The second-order valence-corrected chi connectivity index (χ2v) is 4.31. The minimum absolute atomic E-state index is 0.000618. The average molecular weight is 290 g/mol. The number of Topliss-reactive ketones (excluding diaryl/α,β-unsaturated/α-hetero) is 1. The molecule has 7 nitrogen and oxygen atoms in total. The Balaban J connectivity index is 2.19. The molecule has 7 heteroatoms. The summed E-state index contributed by atoms with van der Waals surface area (Å²) in [7, 11) is 0. The van der Waals surface area contributed by atoms with E-state index in [1.165, 1.54) is 18.5 Å². The molecule has 0 aliphatic heterocycles. The normalized spacial score (nSPS) is 13.5. The van der Waals surface area contributed by atoms with E-state index in [0.29, 0.717) is 0 Å². The van der Waals surface area contributed by atoms with Gasteiger partial charge < -0.3 is 14.4 Å². The lowest BCUT2D eigenvalue weighted by atomic mass is 9.97. The minimum atomic E-state index is -0.833. The molecule has 0 bridgehead atoms. The van der Waals surface area contributed by atoms with Crippen molar-refractivity contribution in [1.82, 2.24) is 9.88 Å². The zero-order valence-electron chi connectivity index (χ0n) is 11.2. The third-order valence-corrected chi connectivity index (χ3v) is 2.84. The number of aliphatic hydroxyl groups excluding tert-OH is 1. The molecule has 0 spiro atoms. The highest BCUT2D eigenvalue weighted by Gasteiger charge is 2.28. The van der Waals surface area contributed by atoms with Crippen LogP contribution in [0.2, 0.25) is 0 Å². The van der Waals surface area contributed by atoms with Crippen LogP contribution in [0.15, 0.2) is 36.8 Å². The van der Waals surface area contributed by atoms with Crippen molar-refractivity contribution < 1.29 is 24.2 Å². The second-order valence-electron chi connectivity index (χ2n) is 4.31. The van der Waals surface area contributed by atoms with E-state index in [0.717, 1.165) is 6.08 Å². The molecule has 0 aromatic carbocycles. The first-order valence-corrected chi connectivity index (χ1v) is 6.23. The molecule has 1 aromatic heterocycles. The molecule has 1 aliphatic rings. The molecular formula is C14H14N2O5. The number of ketones is 2. The number of hydrogen-bond donors (Lipinski definition) is 2. The van der Waals surface area contributed by atoms with E-state index >= 15 is 0 Å². The summed E-state index contributed by atoms with van der Waals surface area (Å²) < 4.78 is 6.25. The number of aliphatic hydroxyl groups is 1. The Bertz CT molecular complexity index is 642. The van der Waals surface area contributed by atoms with Gasteiger partial charge in [-0.1, -0.05) is 12.7 Å². The van der Waals surface area contributed by atoms with Crippen LogP contribution in [0.1, 0.15) is 20.7 Å². The number of rotatable bonds is 5. The molecule has 1 aromatic rings. The first-order valence-electron chi connectivity index (χ1n) is 6.23. The molecule has 1 aliphatic carbocycles. The Labute approximate surface area is 120 Å². The zero-order valence-corrected chi connectivity index (χ0v) is 11.2. The van der Waals surface area contributed by atoms with Gasteiger partial charge in [0.1, 0.15) is 6.61 Å². The molecule has 0 atom stereocenters. The largest absolute Gasteiger partial charge is 0.445 e. The maximum Gasteiger partial charge on any atom is 0.412 e. The number of carbonyl (C=O) groups is 3. The maximum absolute atomic E-state index is 12.2. The number of amides is 1. The Kier molecular flexibility index (Phi) is 4.34. The number of alkyl carbamates (subject to hydrolysis) is 1. The Morgan fingerprint density at radius 1 is 1.38 bits per heavy atom. The molecule has 0 radical (unpaired) electrons. The van der Waals surface area contributed by atoms with Crippen molar-refractivity contribution in [3.8, 4) is 0 Å². The Morgan fingerprint density at radius 3 is 2.76 bits per heavy atom. The first-order chi connectivity index (χ1) is 10.1. The molecule has 0 fully saturated rings. The average Bonchev–Trinajstić information content (AvgIpc) is 2.87. The lowest BCUT2D eigenvalue weighted by molar-refractivity contribution is 0.0975. The summed E-state index contributed by atoms with van der Waals surface area (Å²) in [4.78, 5) is 35.6. The molecule has 2 rings (SSSR count). The third kappa shape index (κ3) is 3.09. The SMILES string of the molecule is C=CCOC(=O)NC1=CC(=O)c2cn(CCO)cc2C1=O. The van der Waals surface area contributed by atoms with E-state index in [-0.39, 0.29) is 42.4 Å². The summed E-state index contributed by atoms with van der Waals surface area (Å²) in [6.45, 7) is 3.56. The molecule has 1 amide bonds. The van der Waals surface area contributed by atoms with Gasteiger partial charge in [0, 0.05) is 25.0 Å². The molecule has 0 saturated carbocycles. The number of ether oxygens (including phenoxy) is 1. The Morgan fingerprint density at radius 2 is 2.10 bits per heavy atom. The number of nitrogens with one attached hydrogen (secondary N) is 1. The number of allylic oxidation sites excluding steroid dienone is 2. The van der Waals surface area contributed by atoms with Gasteiger partial charge in [-0.2, -0.15) is 0 Å². The maximum atomic E-state index is 12.2. The molecule has 1 heterocycles. The van der Waals surface area contributed by atoms with Crippen molar-refractivity contribution >= 4 is 17.7 Å². The highest BCUT2D eigenvalue weighted by molar-refractivity contribution is 6.25. The van der Waals surface area contributed by atoms with Crippen LogP contribution in [0.25, 0.3) is 0 Å². The fraction of sp³-hybridized carbons (Fsp3) is 0.214. The standard InChI is InChI=1S/C14H14N2O5/c1-2-5-21-14(20)15-11-6-12(18)9-7-16(3-4-17)8-10(9)13(11)19/h2,6-8,17H,1,3-5H2,(H,15,20). The highest BCUT2D eigenvalue weighted by Crippen LogP contribution is 2.21. The quantitative estimate of drug-likeness (QED) is 0.776. The lowest BCUT2D eigenvalue weighted by Crippen LogP contribution is -2.31. The molecule has 21 heavy (non-hydrogen) atoms. The van der Waals surface area contributed by atoms with E-state index in [9.17, 15) is 14.4 Å². The van der Waals surface area contributed by atoms with Crippen molar-refractivity contribution in [3.05, 3.63) is 47.9 Å². The number of hydrogen-bond acceptors (Lipinski definition) is 5. The monoisotopic (exact) mass is 290 g/mol. The predicted octanol–water partition coefficient (Wildman–Crippen LogP) is 0.655. The van der Waals surface area contributed by atoms with Gasteiger partial charge in [-0.25, -0.2) is 4.79 Å². The second kappa shape index (κ2) is 6.19. The summed E-state index contributed by atoms with van der Waals surface area (Å²) in [5, 5.41) is 11.1. The summed E-state index contributed by atoms with van der Waals surface area (Å²) >= 11 is 0. The van der Waals surface area contributed by atoms with Crippen LogP contribution < -0.4 is 5.32 Å². The van der Waals surface area contributed by atoms with Gasteiger partial charge in [0.15, 0.2) is 5.78 Å². The molecule has 0 unspecified atom stereocenters. The van der Waals surface area contributed by atoms with Crippen LogP contribution >= 0.6 is 0 Å². The predicted molar refractivity (Wildman–Crippen MR) is 72.9 cm³/mol. The lowest BCUT2D eigenvalue weighted by Gasteiger charge is -2.12.